The van der Waals surface area contributed by atoms with Crippen LogP contribution in [0.1, 0.15) is 15.9 Å². The summed E-state index contributed by atoms with van der Waals surface area (Å²) in [5.74, 6) is 1.07. The van der Waals surface area contributed by atoms with E-state index in [0.717, 1.165) is 16.9 Å². The first-order valence-corrected chi connectivity index (χ1v) is 10.5. The van der Waals surface area contributed by atoms with Crippen LogP contribution in [-0.2, 0) is 4.74 Å². The lowest BCUT2D eigenvalue weighted by Crippen LogP contribution is -2.21. The number of carbonyl (C=O) groups excluding carboxylic acids is 1. The highest BCUT2D eigenvalue weighted by Gasteiger charge is 2.23. The minimum Gasteiger partial charge on any atom is -0.486 e. The van der Waals surface area contributed by atoms with Crippen LogP contribution in [0, 0.1) is 6.92 Å². The third kappa shape index (κ3) is 5.24. The van der Waals surface area contributed by atoms with Gasteiger partial charge in [-0.25, -0.2) is 4.98 Å². The lowest BCUT2D eigenvalue weighted by Gasteiger charge is -2.22. The molecule has 4 rings (SSSR count). The average Bonchev–Trinajstić information content (AvgIpc) is 2.81. The molecule has 3 aromatic rings. The van der Waals surface area contributed by atoms with Gasteiger partial charge in [-0.3, -0.25) is 4.79 Å². The Balaban J connectivity index is 1.54. The van der Waals surface area contributed by atoms with Crippen LogP contribution in [0.2, 0.25) is 0 Å². The van der Waals surface area contributed by atoms with Crippen molar-refractivity contribution in [1.82, 2.24) is 9.97 Å². The first kappa shape index (κ1) is 22.2. The van der Waals surface area contributed by atoms with Gasteiger partial charge in [-0.1, -0.05) is 6.07 Å². The molecule has 1 aromatic heterocycles. The lowest BCUT2D eigenvalue weighted by atomic mass is 10.1. The first-order valence-electron chi connectivity index (χ1n) is 10.5. The van der Waals surface area contributed by atoms with Gasteiger partial charge in [0.1, 0.15) is 24.6 Å². The zero-order valence-electron chi connectivity index (χ0n) is 18.5. The van der Waals surface area contributed by atoms with E-state index in [1.807, 2.05) is 25.1 Å². The van der Waals surface area contributed by atoms with E-state index in [1.165, 1.54) is 0 Å². The highest BCUT2D eigenvalue weighted by atomic mass is 16.6. The van der Waals surface area contributed by atoms with Crippen molar-refractivity contribution in [2.45, 2.75) is 6.92 Å². The zero-order chi connectivity index (χ0) is 23.2. The van der Waals surface area contributed by atoms with Gasteiger partial charge in [-0.15, -0.1) is 0 Å². The number of carbonyl (C=O) groups is 1. The summed E-state index contributed by atoms with van der Waals surface area (Å²) in [4.78, 5) is 20.9. The van der Waals surface area contributed by atoms with E-state index in [0.29, 0.717) is 55.3 Å². The van der Waals surface area contributed by atoms with Crippen LogP contribution >= 0.6 is 0 Å². The SMILES string of the molecule is COCCNc1cc(Nc2nccc(Nc3ccc4c(c3C(N)=O)OCCO4)n2)ccc1C. The van der Waals surface area contributed by atoms with Crippen molar-refractivity contribution in [1.29, 1.82) is 0 Å². The predicted molar refractivity (Wildman–Crippen MR) is 126 cm³/mol. The number of amides is 1. The molecule has 1 aliphatic heterocycles. The van der Waals surface area contributed by atoms with Gasteiger partial charge in [-0.05, 0) is 42.8 Å². The molecule has 0 fully saturated rings. The Bertz CT molecular complexity index is 1150. The topological polar surface area (TPSA) is 133 Å². The summed E-state index contributed by atoms with van der Waals surface area (Å²) in [5.41, 5.74) is 9.24. The fourth-order valence-corrected chi connectivity index (χ4v) is 3.40. The highest BCUT2D eigenvalue weighted by molar-refractivity contribution is 6.03. The highest BCUT2D eigenvalue weighted by Crippen LogP contribution is 2.38. The molecule has 0 unspecified atom stereocenters. The van der Waals surface area contributed by atoms with Gasteiger partial charge in [0.2, 0.25) is 5.95 Å². The number of hydrogen-bond donors (Lipinski definition) is 4. The molecular weight excluding hydrogens is 424 g/mol. The Morgan fingerprint density at radius 1 is 1.12 bits per heavy atom. The molecule has 0 radical (unpaired) electrons. The number of nitrogens with two attached hydrogens (primary N) is 1. The lowest BCUT2D eigenvalue weighted by molar-refractivity contribution is 0.0990. The average molecular weight is 450 g/mol. The van der Waals surface area contributed by atoms with Crippen molar-refractivity contribution < 1.29 is 19.0 Å². The number of ether oxygens (including phenoxy) is 3. The monoisotopic (exact) mass is 450 g/mol. The quantitative estimate of drug-likeness (QED) is 0.363. The third-order valence-corrected chi connectivity index (χ3v) is 4.99. The van der Waals surface area contributed by atoms with E-state index in [4.69, 9.17) is 19.9 Å². The number of rotatable bonds is 9. The molecule has 1 amide bonds. The van der Waals surface area contributed by atoms with Crippen LogP contribution in [-0.4, -0.2) is 49.4 Å². The number of nitrogens with zero attached hydrogens (tertiary/aromatic N) is 2. The number of aryl methyl sites for hydroxylation is 1. The summed E-state index contributed by atoms with van der Waals surface area (Å²) in [5, 5.41) is 9.68. The van der Waals surface area contributed by atoms with Crippen molar-refractivity contribution in [3.8, 4) is 11.5 Å². The largest absolute Gasteiger partial charge is 0.486 e. The minimum atomic E-state index is -0.625. The molecule has 5 N–H and O–H groups in total. The number of primary amides is 1. The van der Waals surface area contributed by atoms with Crippen molar-refractivity contribution >= 4 is 34.7 Å². The van der Waals surface area contributed by atoms with Crippen LogP contribution in [0.5, 0.6) is 11.5 Å². The molecule has 33 heavy (non-hydrogen) atoms. The van der Waals surface area contributed by atoms with Crippen LogP contribution in [0.25, 0.3) is 0 Å². The van der Waals surface area contributed by atoms with Crippen LogP contribution in [0.15, 0.2) is 42.6 Å². The summed E-state index contributed by atoms with van der Waals surface area (Å²) >= 11 is 0. The van der Waals surface area contributed by atoms with Crippen LogP contribution < -0.4 is 31.2 Å². The molecule has 10 nitrogen and oxygen atoms in total. The molecule has 0 saturated heterocycles. The molecule has 0 aliphatic carbocycles. The van der Waals surface area contributed by atoms with Gasteiger partial charge >= 0.3 is 0 Å². The van der Waals surface area contributed by atoms with Gasteiger partial charge in [0.05, 0.1) is 12.3 Å². The molecule has 0 atom stereocenters. The molecule has 2 aromatic carbocycles. The summed E-state index contributed by atoms with van der Waals surface area (Å²) in [7, 11) is 1.67. The van der Waals surface area contributed by atoms with Gasteiger partial charge in [-0.2, -0.15) is 4.98 Å². The van der Waals surface area contributed by atoms with E-state index in [1.54, 1.807) is 31.5 Å². The van der Waals surface area contributed by atoms with Crippen molar-refractivity contribution in [2.75, 3.05) is 49.4 Å². The number of nitrogens with one attached hydrogen (secondary N) is 3. The molecule has 0 bridgehead atoms. The molecule has 172 valence electrons. The zero-order valence-corrected chi connectivity index (χ0v) is 18.5. The van der Waals surface area contributed by atoms with E-state index in [-0.39, 0.29) is 5.56 Å². The number of benzene rings is 2. The van der Waals surface area contributed by atoms with E-state index in [2.05, 4.69) is 25.9 Å². The summed E-state index contributed by atoms with van der Waals surface area (Å²) in [6.45, 7) is 4.11. The molecule has 10 heteroatoms. The van der Waals surface area contributed by atoms with Crippen molar-refractivity contribution in [3.05, 3.63) is 53.7 Å². The normalized spacial score (nSPS) is 12.2. The van der Waals surface area contributed by atoms with Gasteiger partial charge in [0.25, 0.3) is 5.91 Å². The van der Waals surface area contributed by atoms with Crippen LogP contribution in [0.3, 0.4) is 0 Å². The Morgan fingerprint density at radius 2 is 1.97 bits per heavy atom. The molecule has 1 aliphatic rings. The minimum absolute atomic E-state index is 0.214. The number of anilines is 5. The molecule has 0 spiro atoms. The fourth-order valence-electron chi connectivity index (χ4n) is 3.40. The smallest absolute Gasteiger partial charge is 0.254 e. The number of aromatic nitrogens is 2. The van der Waals surface area contributed by atoms with E-state index in [9.17, 15) is 4.79 Å². The first-order chi connectivity index (χ1) is 16.0. The number of methoxy groups -OCH3 is 1. The van der Waals surface area contributed by atoms with E-state index < -0.39 is 5.91 Å². The van der Waals surface area contributed by atoms with Gasteiger partial charge < -0.3 is 35.9 Å². The second-order valence-electron chi connectivity index (χ2n) is 7.34. The number of fused-ring (bicyclic) bond motifs is 1. The Morgan fingerprint density at radius 3 is 2.79 bits per heavy atom. The summed E-state index contributed by atoms with van der Waals surface area (Å²) in [6, 6.07) is 11.1. The van der Waals surface area contributed by atoms with Crippen molar-refractivity contribution in [3.63, 3.8) is 0 Å². The third-order valence-electron chi connectivity index (χ3n) is 4.99. The van der Waals surface area contributed by atoms with Crippen molar-refractivity contribution in [2.24, 2.45) is 5.73 Å². The maximum atomic E-state index is 12.1. The standard InChI is InChI=1S/C23H26N6O4/c1-14-3-4-15(13-17(14)25-9-10-31-2)27-23-26-8-7-19(29-23)28-16-5-6-18-21(20(16)22(24)30)33-12-11-32-18/h3-8,13,25H,9-12H2,1-2H3,(H2,24,30)(H2,26,27,28,29). The van der Waals surface area contributed by atoms with Gasteiger partial charge in [0.15, 0.2) is 11.5 Å². The molecule has 2 heterocycles. The molecule has 0 saturated carbocycles. The predicted octanol–water partition coefficient (Wildman–Crippen LogP) is 3.20. The summed E-state index contributed by atoms with van der Waals surface area (Å²) in [6.07, 6.45) is 1.62. The second-order valence-corrected chi connectivity index (χ2v) is 7.34. The Kier molecular flexibility index (Phi) is 6.75. The molecular formula is C23H26N6O4. The number of hydrogen-bond acceptors (Lipinski definition) is 9. The maximum Gasteiger partial charge on any atom is 0.254 e. The van der Waals surface area contributed by atoms with Crippen LogP contribution in [0.4, 0.5) is 28.8 Å². The maximum absolute atomic E-state index is 12.1. The Labute approximate surface area is 191 Å². The van der Waals surface area contributed by atoms with E-state index >= 15 is 0 Å². The van der Waals surface area contributed by atoms with Gasteiger partial charge in [0, 0.05) is 31.2 Å². The summed E-state index contributed by atoms with van der Waals surface area (Å²) < 4.78 is 16.3. The Hall–Kier alpha value is -4.05. The fraction of sp³-hybridized carbons (Fsp3) is 0.261. The second kappa shape index (κ2) is 10.0.